The Balaban J connectivity index is 2.16. The number of nitro benzene ring substituents is 1. The normalized spacial score (nSPS) is 12.0. The van der Waals surface area contributed by atoms with Gasteiger partial charge >= 0.3 is 0 Å². The number of nitro groups is 1. The van der Waals surface area contributed by atoms with E-state index >= 15 is 0 Å². The van der Waals surface area contributed by atoms with E-state index < -0.39 is 4.92 Å². The fourth-order valence-corrected chi connectivity index (χ4v) is 2.97. The van der Waals surface area contributed by atoms with Crippen LogP contribution in [0.5, 0.6) is 0 Å². The summed E-state index contributed by atoms with van der Waals surface area (Å²) < 4.78 is 1.66. The summed E-state index contributed by atoms with van der Waals surface area (Å²) in [7, 11) is 1.75. The molecule has 0 radical (unpaired) electrons. The molecule has 1 atom stereocenters. The van der Waals surface area contributed by atoms with Gasteiger partial charge in [-0.3, -0.25) is 14.9 Å². The van der Waals surface area contributed by atoms with Crippen molar-refractivity contribution in [3.05, 3.63) is 40.2 Å². The van der Waals surface area contributed by atoms with Crippen LogP contribution in [0.4, 0.5) is 5.69 Å². The molecular formula is C15H20N6O3S. The van der Waals surface area contributed by atoms with Gasteiger partial charge in [-0.2, -0.15) is 0 Å². The van der Waals surface area contributed by atoms with Crippen LogP contribution < -0.4 is 10.6 Å². The van der Waals surface area contributed by atoms with Crippen molar-refractivity contribution in [3.8, 4) is 0 Å². The molecule has 0 saturated carbocycles. The van der Waals surface area contributed by atoms with E-state index in [0.717, 1.165) is 18.3 Å². The lowest BCUT2D eigenvalue weighted by Crippen LogP contribution is -2.38. The molecular weight excluding hydrogens is 344 g/mol. The SMILES string of the molecule is CCN[C@H](C)CNC(=O)c1ccc(Sc2nncn2C)c([N+](=O)[O-])c1. The van der Waals surface area contributed by atoms with Gasteiger partial charge in [-0.1, -0.05) is 6.92 Å². The zero-order valence-electron chi connectivity index (χ0n) is 14.2. The predicted molar refractivity (Wildman–Crippen MR) is 93.7 cm³/mol. The fraction of sp³-hybridized carbons (Fsp3) is 0.400. The number of aromatic nitrogens is 3. The Labute approximate surface area is 149 Å². The lowest BCUT2D eigenvalue weighted by Gasteiger charge is -2.13. The lowest BCUT2D eigenvalue weighted by molar-refractivity contribution is -0.387. The van der Waals surface area contributed by atoms with Gasteiger partial charge in [-0.05, 0) is 37.4 Å². The van der Waals surface area contributed by atoms with Crippen molar-refractivity contribution in [2.24, 2.45) is 7.05 Å². The molecule has 1 aromatic carbocycles. The molecule has 0 aliphatic rings. The highest BCUT2D eigenvalue weighted by atomic mass is 32.2. The Hall–Kier alpha value is -2.46. The van der Waals surface area contributed by atoms with Crippen molar-refractivity contribution in [1.29, 1.82) is 0 Å². The smallest absolute Gasteiger partial charge is 0.284 e. The second-order valence-corrected chi connectivity index (χ2v) is 6.44. The minimum atomic E-state index is -0.503. The van der Waals surface area contributed by atoms with Gasteiger partial charge in [-0.15, -0.1) is 10.2 Å². The maximum Gasteiger partial charge on any atom is 0.284 e. The minimum absolute atomic E-state index is 0.120. The summed E-state index contributed by atoms with van der Waals surface area (Å²) in [5, 5.41) is 25.5. The first-order chi connectivity index (χ1) is 11.9. The van der Waals surface area contributed by atoms with Crippen molar-refractivity contribution in [2.45, 2.75) is 29.9 Å². The molecule has 1 heterocycles. The van der Waals surface area contributed by atoms with Crippen LogP contribution in [-0.2, 0) is 7.05 Å². The maximum absolute atomic E-state index is 12.2. The van der Waals surface area contributed by atoms with Crippen LogP contribution in [0.2, 0.25) is 0 Å². The van der Waals surface area contributed by atoms with Crippen molar-refractivity contribution >= 4 is 23.4 Å². The molecule has 1 aromatic heterocycles. The number of aryl methyl sites for hydroxylation is 1. The zero-order valence-corrected chi connectivity index (χ0v) is 15.0. The maximum atomic E-state index is 12.2. The highest BCUT2D eigenvalue weighted by Crippen LogP contribution is 2.34. The molecule has 0 bridgehead atoms. The summed E-state index contributed by atoms with van der Waals surface area (Å²) >= 11 is 1.13. The van der Waals surface area contributed by atoms with Crippen LogP contribution in [0.15, 0.2) is 34.6 Å². The van der Waals surface area contributed by atoms with E-state index in [-0.39, 0.29) is 23.2 Å². The average molecular weight is 364 g/mol. The summed E-state index contributed by atoms with van der Waals surface area (Å²) in [6.45, 7) is 5.18. The summed E-state index contributed by atoms with van der Waals surface area (Å²) in [6, 6.07) is 4.53. The van der Waals surface area contributed by atoms with E-state index in [4.69, 9.17) is 0 Å². The first kappa shape index (κ1) is 18.9. The van der Waals surface area contributed by atoms with Gasteiger partial charge in [0.05, 0.1) is 9.82 Å². The van der Waals surface area contributed by atoms with Crippen LogP contribution in [0.1, 0.15) is 24.2 Å². The number of hydrogen-bond acceptors (Lipinski definition) is 7. The Morgan fingerprint density at radius 3 is 2.84 bits per heavy atom. The average Bonchev–Trinajstić information content (AvgIpc) is 2.98. The molecule has 0 aliphatic carbocycles. The molecule has 9 nitrogen and oxygen atoms in total. The number of nitrogens with one attached hydrogen (secondary N) is 2. The van der Waals surface area contributed by atoms with Crippen molar-refractivity contribution in [3.63, 3.8) is 0 Å². The van der Waals surface area contributed by atoms with Gasteiger partial charge in [0.2, 0.25) is 0 Å². The molecule has 25 heavy (non-hydrogen) atoms. The molecule has 10 heteroatoms. The first-order valence-corrected chi connectivity index (χ1v) is 8.55. The van der Waals surface area contributed by atoms with Crippen LogP contribution in [0.25, 0.3) is 0 Å². The molecule has 0 unspecified atom stereocenters. The second-order valence-electron chi connectivity index (χ2n) is 5.43. The van der Waals surface area contributed by atoms with E-state index in [1.165, 1.54) is 12.4 Å². The zero-order chi connectivity index (χ0) is 18.4. The summed E-state index contributed by atoms with van der Waals surface area (Å²) in [5.41, 5.74) is 0.109. The molecule has 0 spiro atoms. The molecule has 0 fully saturated rings. The number of rotatable bonds is 8. The quantitative estimate of drug-likeness (QED) is 0.540. The number of likely N-dealkylation sites (N-methyl/N-ethyl adjacent to an activating group) is 1. The van der Waals surface area contributed by atoms with Crippen molar-refractivity contribution in [2.75, 3.05) is 13.1 Å². The Morgan fingerprint density at radius 1 is 1.48 bits per heavy atom. The first-order valence-electron chi connectivity index (χ1n) is 7.74. The molecule has 0 saturated heterocycles. The van der Waals surface area contributed by atoms with E-state index in [1.54, 1.807) is 23.7 Å². The van der Waals surface area contributed by atoms with E-state index in [2.05, 4.69) is 20.8 Å². The minimum Gasteiger partial charge on any atom is -0.350 e. The molecule has 2 N–H and O–H groups in total. The monoisotopic (exact) mass is 364 g/mol. The molecule has 0 aliphatic heterocycles. The number of amides is 1. The topological polar surface area (TPSA) is 115 Å². The van der Waals surface area contributed by atoms with Crippen LogP contribution >= 0.6 is 11.8 Å². The molecule has 134 valence electrons. The van der Waals surface area contributed by atoms with Crippen LogP contribution in [-0.4, -0.2) is 44.7 Å². The van der Waals surface area contributed by atoms with Crippen LogP contribution in [0.3, 0.4) is 0 Å². The summed E-state index contributed by atoms with van der Waals surface area (Å²) in [4.78, 5) is 23.5. The van der Waals surface area contributed by atoms with Crippen LogP contribution in [0, 0.1) is 10.1 Å². The number of carbonyl (C=O) groups is 1. The Morgan fingerprint density at radius 2 is 2.24 bits per heavy atom. The predicted octanol–water partition coefficient (Wildman–Crippen LogP) is 1.60. The third-order valence-electron chi connectivity index (χ3n) is 3.41. The lowest BCUT2D eigenvalue weighted by atomic mass is 10.2. The summed E-state index contributed by atoms with van der Waals surface area (Å²) in [6.07, 6.45) is 1.52. The highest BCUT2D eigenvalue weighted by molar-refractivity contribution is 7.99. The summed E-state index contributed by atoms with van der Waals surface area (Å²) in [5.74, 6) is -0.344. The van der Waals surface area contributed by atoms with E-state index in [1.807, 2.05) is 13.8 Å². The third kappa shape index (κ3) is 5.00. The van der Waals surface area contributed by atoms with Gasteiger partial charge in [0.1, 0.15) is 6.33 Å². The number of hydrogen-bond donors (Lipinski definition) is 2. The fourth-order valence-electron chi connectivity index (χ4n) is 2.12. The number of carbonyl (C=O) groups excluding carboxylic acids is 1. The number of benzene rings is 1. The van der Waals surface area contributed by atoms with Gasteiger partial charge < -0.3 is 15.2 Å². The standard InChI is InChI=1S/C15H20N6O3S/c1-4-16-10(2)8-17-14(22)11-5-6-13(12(7-11)21(23)24)25-15-19-18-9-20(15)3/h5-7,9-10,16H,4,8H2,1-3H3,(H,17,22)/t10-/m1/s1. The van der Waals surface area contributed by atoms with Gasteiger partial charge in [-0.25, -0.2) is 0 Å². The molecule has 1 amide bonds. The largest absolute Gasteiger partial charge is 0.350 e. The Kier molecular flexibility index (Phi) is 6.48. The number of nitrogens with zero attached hydrogens (tertiary/aromatic N) is 4. The van der Waals surface area contributed by atoms with Crippen molar-refractivity contribution in [1.82, 2.24) is 25.4 Å². The second kappa shape index (κ2) is 8.58. The van der Waals surface area contributed by atoms with E-state index in [9.17, 15) is 14.9 Å². The molecule has 2 rings (SSSR count). The third-order valence-corrected chi connectivity index (χ3v) is 4.53. The van der Waals surface area contributed by atoms with Gasteiger partial charge in [0.15, 0.2) is 5.16 Å². The molecule has 2 aromatic rings. The van der Waals surface area contributed by atoms with Gasteiger partial charge in [0.25, 0.3) is 11.6 Å². The highest BCUT2D eigenvalue weighted by Gasteiger charge is 2.20. The van der Waals surface area contributed by atoms with Gasteiger partial charge in [0, 0.05) is 31.3 Å². The Bertz CT molecular complexity index is 763. The van der Waals surface area contributed by atoms with E-state index in [0.29, 0.717) is 16.6 Å². The van der Waals surface area contributed by atoms with Crippen molar-refractivity contribution < 1.29 is 9.72 Å².